The first-order chi connectivity index (χ1) is 7.34. The molecule has 73 valence electrons. The van der Waals surface area contributed by atoms with Crippen molar-refractivity contribution in [3.05, 3.63) is 59.2 Å². The Hall–Kier alpha value is -1.76. The molecule has 0 N–H and O–H groups in total. The Kier molecular flexibility index (Phi) is 1.78. The molecule has 1 heterocycles. The van der Waals surface area contributed by atoms with Gasteiger partial charge in [0.05, 0.1) is 0 Å². The van der Waals surface area contributed by atoms with Crippen LogP contribution in [0.1, 0.15) is 16.7 Å². The van der Waals surface area contributed by atoms with E-state index in [-0.39, 0.29) is 0 Å². The van der Waals surface area contributed by atoms with Crippen LogP contribution in [0.2, 0.25) is 0 Å². The quantitative estimate of drug-likeness (QED) is 0.533. The van der Waals surface area contributed by atoms with Gasteiger partial charge < -0.3 is 4.74 Å². The minimum absolute atomic E-state index is 0.953. The van der Waals surface area contributed by atoms with Gasteiger partial charge in [-0.05, 0) is 42.3 Å². The van der Waals surface area contributed by atoms with Crippen molar-refractivity contribution in [1.29, 1.82) is 0 Å². The summed E-state index contributed by atoms with van der Waals surface area (Å²) in [7, 11) is 0. The van der Waals surface area contributed by atoms with Crippen molar-refractivity contribution in [3.8, 4) is 11.5 Å². The zero-order valence-corrected chi connectivity index (χ0v) is 8.58. The molecule has 1 aliphatic heterocycles. The van der Waals surface area contributed by atoms with Gasteiger partial charge in [0, 0.05) is 12.0 Å². The first-order valence-electron chi connectivity index (χ1n) is 5.10. The summed E-state index contributed by atoms with van der Waals surface area (Å²) in [5.74, 6) is 1.96. The molecule has 0 unspecified atom stereocenters. The number of ether oxygens (including phenoxy) is 1. The van der Waals surface area contributed by atoms with Crippen molar-refractivity contribution in [3.63, 3.8) is 0 Å². The molecule has 0 spiro atoms. The van der Waals surface area contributed by atoms with E-state index in [4.69, 9.17) is 4.74 Å². The van der Waals surface area contributed by atoms with Gasteiger partial charge in [-0.25, -0.2) is 0 Å². The Labute approximate surface area is 89.3 Å². The van der Waals surface area contributed by atoms with E-state index in [9.17, 15) is 0 Å². The van der Waals surface area contributed by atoms with E-state index in [0.29, 0.717) is 0 Å². The standard InChI is InChI=1S/C14H11O/c1-10-5-4-8-14-12(10)9-11-6-2-3-7-13(11)15-14/h3-8H,9H2,1H3. The average Bonchev–Trinajstić information content (AvgIpc) is 2.27. The lowest BCUT2D eigenvalue weighted by atomic mass is 9.97. The molecule has 1 aliphatic rings. The molecule has 0 fully saturated rings. The average molecular weight is 195 g/mol. The second kappa shape index (κ2) is 3.13. The summed E-state index contributed by atoms with van der Waals surface area (Å²) in [4.78, 5) is 0. The predicted octanol–water partition coefficient (Wildman–Crippen LogP) is 3.49. The summed E-state index contributed by atoms with van der Waals surface area (Å²) in [6, 6.07) is 15.1. The molecule has 1 nitrogen and oxygen atoms in total. The predicted molar refractivity (Wildman–Crippen MR) is 59.3 cm³/mol. The van der Waals surface area contributed by atoms with E-state index in [1.165, 1.54) is 16.7 Å². The van der Waals surface area contributed by atoms with Gasteiger partial charge >= 0.3 is 0 Å². The molecule has 0 amide bonds. The van der Waals surface area contributed by atoms with Gasteiger partial charge in [0.1, 0.15) is 11.5 Å². The van der Waals surface area contributed by atoms with Gasteiger partial charge in [0.2, 0.25) is 0 Å². The molecule has 0 aromatic heterocycles. The molecular weight excluding hydrogens is 184 g/mol. The Bertz CT molecular complexity index is 514. The van der Waals surface area contributed by atoms with E-state index in [1.807, 2.05) is 30.3 Å². The fraction of sp³-hybridized carbons (Fsp3) is 0.143. The second-order valence-electron chi connectivity index (χ2n) is 3.86. The highest BCUT2D eigenvalue weighted by Crippen LogP contribution is 2.37. The summed E-state index contributed by atoms with van der Waals surface area (Å²) >= 11 is 0. The summed E-state index contributed by atoms with van der Waals surface area (Å²) in [5, 5.41) is 0. The Morgan fingerprint density at radius 2 is 2.13 bits per heavy atom. The van der Waals surface area contributed by atoms with Crippen molar-refractivity contribution in [2.24, 2.45) is 0 Å². The largest absolute Gasteiger partial charge is 0.457 e. The number of hydrogen-bond donors (Lipinski definition) is 0. The van der Waals surface area contributed by atoms with Gasteiger partial charge in [-0.1, -0.05) is 18.2 Å². The van der Waals surface area contributed by atoms with Gasteiger partial charge in [0.15, 0.2) is 0 Å². The molecule has 3 rings (SSSR count). The second-order valence-corrected chi connectivity index (χ2v) is 3.86. The third-order valence-corrected chi connectivity index (χ3v) is 2.86. The fourth-order valence-electron chi connectivity index (χ4n) is 1.99. The van der Waals surface area contributed by atoms with Crippen LogP contribution >= 0.6 is 0 Å². The lowest BCUT2D eigenvalue weighted by molar-refractivity contribution is 0.459. The van der Waals surface area contributed by atoms with E-state index in [1.54, 1.807) is 0 Å². The van der Waals surface area contributed by atoms with Crippen molar-refractivity contribution in [2.75, 3.05) is 0 Å². The van der Waals surface area contributed by atoms with E-state index in [2.05, 4.69) is 19.1 Å². The molecule has 1 heteroatoms. The van der Waals surface area contributed by atoms with Crippen LogP contribution in [0, 0.1) is 13.0 Å². The molecule has 0 aliphatic carbocycles. The normalized spacial score (nSPS) is 12.6. The Morgan fingerprint density at radius 1 is 1.20 bits per heavy atom. The van der Waals surface area contributed by atoms with Crippen molar-refractivity contribution < 1.29 is 4.74 Å². The van der Waals surface area contributed by atoms with E-state index >= 15 is 0 Å². The van der Waals surface area contributed by atoms with Crippen LogP contribution in [0.3, 0.4) is 0 Å². The molecule has 0 saturated heterocycles. The first-order valence-corrected chi connectivity index (χ1v) is 5.10. The summed E-state index contributed by atoms with van der Waals surface area (Å²) in [5.41, 5.74) is 3.81. The number of aryl methyl sites for hydroxylation is 1. The van der Waals surface area contributed by atoms with Gasteiger partial charge in [-0.2, -0.15) is 0 Å². The van der Waals surface area contributed by atoms with Crippen molar-refractivity contribution >= 4 is 0 Å². The number of rotatable bonds is 0. The third kappa shape index (κ3) is 1.32. The zero-order valence-electron chi connectivity index (χ0n) is 8.58. The van der Waals surface area contributed by atoms with Crippen LogP contribution in [-0.2, 0) is 6.42 Å². The zero-order chi connectivity index (χ0) is 10.3. The highest BCUT2D eigenvalue weighted by molar-refractivity contribution is 5.51. The maximum Gasteiger partial charge on any atom is 0.131 e. The first kappa shape index (κ1) is 8.54. The minimum atomic E-state index is 0.953. The number of fused-ring (bicyclic) bond motifs is 2. The molecule has 1 radical (unpaired) electrons. The number of benzene rings is 2. The maximum atomic E-state index is 5.84. The minimum Gasteiger partial charge on any atom is -0.457 e. The Balaban J connectivity index is 2.15. The van der Waals surface area contributed by atoms with Crippen LogP contribution in [0.15, 0.2) is 36.4 Å². The summed E-state index contributed by atoms with van der Waals surface area (Å²) < 4.78 is 5.84. The lowest BCUT2D eigenvalue weighted by Crippen LogP contribution is -2.04. The molecule has 0 bridgehead atoms. The van der Waals surface area contributed by atoms with Crippen LogP contribution in [0.4, 0.5) is 0 Å². The fourth-order valence-corrected chi connectivity index (χ4v) is 1.99. The summed E-state index contributed by atoms with van der Waals surface area (Å²) in [6.07, 6.45) is 0.953. The van der Waals surface area contributed by atoms with Crippen LogP contribution in [0.5, 0.6) is 11.5 Å². The molecule has 15 heavy (non-hydrogen) atoms. The monoisotopic (exact) mass is 195 g/mol. The third-order valence-electron chi connectivity index (χ3n) is 2.86. The molecule has 2 aromatic carbocycles. The smallest absolute Gasteiger partial charge is 0.131 e. The van der Waals surface area contributed by atoms with Crippen LogP contribution < -0.4 is 4.74 Å². The van der Waals surface area contributed by atoms with Crippen LogP contribution in [0.25, 0.3) is 0 Å². The maximum absolute atomic E-state index is 5.84. The van der Waals surface area contributed by atoms with Gasteiger partial charge in [0.25, 0.3) is 0 Å². The lowest BCUT2D eigenvalue weighted by Gasteiger charge is -2.21. The van der Waals surface area contributed by atoms with E-state index < -0.39 is 0 Å². The molecular formula is C14H11O. The van der Waals surface area contributed by atoms with E-state index in [0.717, 1.165) is 17.9 Å². The highest BCUT2D eigenvalue weighted by Gasteiger charge is 2.17. The van der Waals surface area contributed by atoms with Crippen LogP contribution in [-0.4, -0.2) is 0 Å². The molecule has 0 saturated carbocycles. The summed E-state index contributed by atoms with van der Waals surface area (Å²) in [6.45, 7) is 2.12. The van der Waals surface area contributed by atoms with Gasteiger partial charge in [-0.15, -0.1) is 0 Å². The highest BCUT2D eigenvalue weighted by atomic mass is 16.5. The number of hydrogen-bond acceptors (Lipinski definition) is 1. The van der Waals surface area contributed by atoms with Gasteiger partial charge in [-0.3, -0.25) is 0 Å². The molecule has 0 atom stereocenters. The molecule has 2 aromatic rings. The Morgan fingerprint density at radius 3 is 3.07 bits per heavy atom. The van der Waals surface area contributed by atoms with Crippen molar-refractivity contribution in [2.45, 2.75) is 13.3 Å². The topological polar surface area (TPSA) is 9.23 Å². The van der Waals surface area contributed by atoms with Crippen molar-refractivity contribution in [1.82, 2.24) is 0 Å². The SMILES string of the molecule is Cc1cccc2c1Cc1c[c]ccc1O2.